The van der Waals surface area contributed by atoms with E-state index in [0.29, 0.717) is 5.75 Å². The first kappa shape index (κ1) is 28.6. The van der Waals surface area contributed by atoms with Crippen LogP contribution in [0.1, 0.15) is 0 Å². The third-order valence-electron chi connectivity index (χ3n) is 3.18. The molecule has 0 aliphatic carbocycles. The fourth-order valence-corrected chi connectivity index (χ4v) is 1.80. The zero-order chi connectivity index (χ0) is 22.1. The first-order valence-corrected chi connectivity index (χ1v) is 9.78. The van der Waals surface area contributed by atoms with Crippen molar-refractivity contribution in [2.45, 2.75) is 0 Å². The molecule has 0 saturated heterocycles. The third-order valence-corrected chi connectivity index (χ3v) is 3.18. The van der Waals surface area contributed by atoms with Crippen molar-refractivity contribution in [1.82, 2.24) is 0 Å². The summed E-state index contributed by atoms with van der Waals surface area (Å²) in [7, 11) is 0. The smallest absolute Gasteiger partial charge is 0.115 e. The van der Waals surface area contributed by atoms with Gasteiger partial charge < -0.3 is 5.11 Å². The first-order chi connectivity index (χ1) is 15.4. The molecule has 32 heavy (non-hydrogen) atoms. The molecule has 0 spiro atoms. The molecule has 0 amide bonds. The summed E-state index contributed by atoms with van der Waals surface area (Å²) in [5.41, 5.74) is 0. The van der Waals surface area contributed by atoms with Crippen LogP contribution in [0.25, 0.3) is 0 Å². The van der Waals surface area contributed by atoms with Crippen LogP contribution in [-0.4, -0.2) is 5.11 Å². The van der Waals surface area contributed by atoms with Gasteiger partial charge in [0.2, 0.25) is 0 Å². The summed E-state index contributed by atoms with van der Waals surface area (Å²) in [6.45, 7) is 0. The van der Waals surface area contributed by atoms with Gasteiger partial charge in [0.25, 0.3) is 0 Å². The van der Waals surface area contributed by atoms with Crippen LogP contribution >= 0.6 is 0 Å². The summed E-state index contributed by atoms with van der Waals surface area (Å²) in [4.78, 5) is 0. The van der Waals surface area contributed by atoms with Crippen LogP contribution < -0.4 is 0 Å². The third kappa shape index (κ3) is 21.3. The number of aromatic hydroxyl groups is 1. The molecule has 2 heteroatoms. The second kappa shape index (κ2) is 23.9. The number of rotatable bonds is 0. The summed E-state index contributed by atoms with van der Waals surface area (Å²) in [5.74, 6) is 0.322. The van der Waals surface area contributed by atoms with Crippen molar-refractivity contribution in [2.75, 3.05) is 0 Å². The summed E-state index contributed by atoms with van der Waals surface area (Å²) in [5, 5.41) is 8.63. The van der Waals surface area contributed by atoms with E-state index < -0.39 is 0 Å². The molecule has 0 aliphatic heterocycles. The number of hydrogen-bond donors (Lipinski definition) is 1. The second-order valence-electron chi connectivity index (χ2n) is 5.64. The van der Waals surface area contributed by atoms with E-state index in [1.54, 1.807) is 24.3 Å². The maximum Gasteiger partial charge on any atom is 0.115 e. The van der Waals surface area contributed by atoms with Crippen LogP contribution in [0.3, 0.4) is 0 Å². The first-order valence-electron chi connectivity index (χ1n) is 9.78. The van der Waals surface area contributed by atoms with Gasteiger partial charge in [-0.15, -0.1) is 0 Å². The van der Waals surface area contributed by atoms with Gasteiger partial charge >= 0.3 is 0 Å². The number of hydrogen-bond acceptors (Lipinski definition) is 1. The van der Waals surface area contributed by atoms with Crippen molar-refractivity contribution in [1.29, 1.82) is 0 Å². The molecule has 162 valence electrons. The van der Waals surface area contributed by atoms with Gasteiger partial charge in [-0.1, -0.05) is 18.2 Å². The Kier molecular flexibility index (Phi) is 21.3. The Labute approximate surface area is 207 Å². The van der Waals surface area contributed by atoms with Crippen LogP contribution in [-0.2, 0) is 21.1 Å². The topological polar surface area (TPSA) is 20.2 Å². The zero-order valence-corrected chi connectivity index (χ0v) is 20.7. The predicted octanol–water partition coefficient (Wildman–Crippen LogP) is 7.34. The predicted molar refractivity (Wildman–Crippen MR) is 129 cm³/mol. The molecule has 0 atom stereocenters. The number of benzene rings is 5. The van der Waals surface area contributed by atoms with Crippen molar-refractivity contribution in [3.8, 4) is 5.75 Å². The average molecular weight is 586 g/mol. The summed E-state index contributed by atoms with van der Waals surface area (Å²) >= 11 is 0. The molecule has 0 unspecified atom stereocenters. The number of para-hydroxylation sites is 1. The Morgan fingerprint density at radius 2 is 0.562 bits per heavy atom. The maximum atomic E-state index is 8.63. The van der Waals surface area contributed by atoms with Crippen LogP contribution in [0.5, 0.6) is 5.75 Å². The molecule has 1 nitrogen and oxygen atoms in total. The Hall–Kier alpha value is -3.41. The van der Waals surface area contributed by atoms with Gasteiger partial charge in [0, 0.05) is 21.1 Å². The normalized spacial score (nSPS) is 7.88. The van der Waals surface area contributed by atoms with Crippen LogP contribution in [0.2, 0.25) is 0 Å². The van der Waals surface area contributed by atoms with E-state index in [1.807, 2.05) is 127 Å². The van der Waals surface area contributed by atoms with Gasteiger partial charge in [-0.05, 0) is 12.1 Å². The molecule has 5 aromatic carbocycles. The largest absolute Gasteiger partial charge is 0.508 e. The molecule has 0 aromatic heterocycles. The van der Waals surface area contributed by atoms with E-state index in [1.165, 1.54) is 0 Å². The van der Waals surface area contributed by atoms with Gasteiger partial charge in [0.15, 0.2) is 0 Å². The Morgan fingerprint density at radius 3 is 0.656 bits per heavy atom. The van der Waals surface area contributed by atoms with Crippen molar-refractivity contribution in [2.24, 2.45) is 0 Å². The molecule has 5 aromatic rings. The van der Waals surface area contributed by atoms with Gasteiger partial charge in [-0.3, -0.25) is 0 Å². The van der Waals surface area contributed by atoms with E-state index in [2.05, 4.69) is 24.3 Å². The zero-order valence-electron chi connectivity index (χ0n) is 17.8. The molecular formula is C30H26OW-4. The molecular weight excluding hydrogens is 560 g/mol. The number of phenols is 1. The monoisotopic (exact) mass is 586 g/mol. The van der Waals surface area contributed by atoms with E-state index >= 15 is 0 Å². The summed E-state index contributed by atoms with van der Waals surface area (Å²) in [6, 6.07) is 58.7. The minimum atomic E-state index is 0. The molecule has 0 aliphatic rings. The molecule has 0 radical (unpaired) electrons. The standard InChI is InChI=1S/C6H6O.4C6H5.W/c7-6-4-2-1-3-5-6;4*1-2-4-6-5-3-1;/h1-5,7H;4*1-5H;/q;4*-1;. The second-order valence-corrected chi connectivity index (χ2v) is 5.64. The summed E-state index contributed by atoms with van der Waals surface area (Å²) in [6.07, 6.45) is 0. The summed E-state index contributed by atoms with van der Waals surface area (Å²) < 4.78 is 0. The van der Waals surface area contributed by atoms with E-state index in [9.17, 15) is 0 Å². The average Bonchev–Trinajstić information content (AvgIpc) is 2.90. The minimum absolute atomic E-state index is 0. The molecule has 5 rings (SSSR count). The Morgan fingerprint density at radius 1 is 0.344 bits per heavy atom. The molecule has 0 bridgehead atoms. The Bertz CT molecular complexity index is 684. The molecule has 0 saturated carbocycles. The minimum Gasteiger partial charge on any atom is -0.508 e. The van der Waals surface area contributed by atoms with Crippen LogP contribution in [0.4, 0.5) is 0 Å². The SMILES string of the molecule is Oc1ccccc1.[W].[c-]1ccccc1.[c-]1ccccc1.[c-]1ccccc1.[c-]1ccccc1. The molecule has 0 heterocycles. The van der Waals surface area contributed by atoms with Gasteiger partial charge in [0.1, 0.15) is 5.75 Å². The fraction of sp³-hybridized carbons (Fsp3) is 0. The maximum absolute atomic E-state index is 8.63. The van der Waals surface area contributed by atoms with E-state index in [0.717, 1.165) is 0 Å². The van der Waals surface area contributed by atoms with E-state index in [-0.39, 0.29) is 21.1 Å². The fourth-order valence-electron chi connectivity index (χ4n) is 1.80. The van der Waals surface area contributed by atoms with Crippen molar-refractivity contribution >= 4 is 0 Å². The van der Waals surface area contributed by atoms with Crippen molar-refractivity contribution < 1.29 is 26.2 Å². The van der Waals surface area contributed by atoms with Gasteiger partial charge in [-0.25, -0.2) is 0 Å². The van der Waals surface area contributed by atoms with Crippen molar-refractivity contribution in [3.05, 3.63) is 176 Å². The van der Waals surface area contributed by atoms with E-state index in [4.69, 9.17) is 5.11 Å². The molecule has 0 fully saturated rings. The van der Waals surface area contributed by atoms with Crippen molar-refractivity contribution in [3.63, 3.8) is 0 Å². The van der Waals surface area contributed by atoms with Gasteiger partial charge in [-0.2, -0.15) is 146 Å². The Balaban J connectivity index is 0.000000373. The van der Waals surface area contributed by atoms with Crippen LogP contribution in [0, 0.1) is 24.3 Å². The molecule has 1 N–H and O–H groups in total. The quantitative estimate of drug-likeness (QED) is 0.189. The number of phenolic OH excluding ortho intramolecular Hbond substituents is 1. The van der Waals surface area contributed by atoms with Crippen LogP contribution in [0.15, 0.2) is 152 Å². The van der Waals surface area contributed by atoms with Gasteiger partial charge in [0.05, 0.1) is 0 Å².